The van der Waals surface area contributed by atoms with Gasteiger partial charge >= 0.3 is 0 Å². The molecule has 0 atom stereocenters. The van der Waals surface area contributed by atoms with Gasteiger partial charge in [-0.2, -0.15) is 0 Å². The number of carbonyl (C=O) groups is 1. The minimum atomic E-state index is -0.460. The van der Waals surface area contributed by atoms with E-state index in [2.05, 4.69) is 20.6 Å². The van der Waals surface area contributed by atoms with Gasteiger partial charge in [0.1, 0.15) is 5.75 Å². The third-order valence-electron chi connectivity index (χ3n) is 4.34. The van der Waals surface area contributed by atoms with E-state index in [-0.39, 0.29) is 11.2 Å². The number of aromatic nitrogens is 4. The number of nitrogens with zero attached hydrogens (tertiary/aromatic N) is 3. The average molecular weight is 363 g/mol. The number of amides is 1. The van der Waals surface area contributed by atoms with Crippen molar-refractivity contribution in [3.63, 3.8) is 0 Å². The van der Waals surface area contributed by atoms with Gasteiger partial charge in [-0.15, -0.1) is 5.10 Å². The molecule has 8 nitrogen and oxygen atoms in total. The number of methoxy groups -OCH3 is 1. The molecule has 2 N–H and O–H groups in total. The lowest BCUT2D eigenvalue weighted by molar-refractivity contribution is 0.0947. The number of H-pyrrole nitrogens is 1. The van der Waals surface area contributed by atoms with Crippen LogP contribution in [0.3, 0.4) is 0 Å². The minimum absolute atomic E-state index is 0.00719. The van der Waals surface area contributed by atoms with Crippen molar-refractivity contribution in [1.29, 1.82) is 0 Å². The molecule has 136 valence electrons. The summed E-state index contributed by atoms with van der Waals surface area (Å²) >= 11 is 0. The Kier molecular flexibility index (Phi) is 4.08. The fourth-order valence-corrected chi connectivity index (χ4v) is 2.93. The van der Waals surface area contributed by atoms with Crippen LogP contribution in [0.15, 0.2) is 47.3 Å². The standard InChI is InChI=1S/C19H17N5O3/c1-11-3-8-15-14(9-11)21-19(26)17-16(22-23-24(15)17)18(25)20-10-12-4-6-13(27-2)7-5-12/h3-9H,10H2,1-2H3,(H,20,25)(H,21,26). The van der Waals surface area contributed by atoms with Crippen molar-refractivity contribution >= 4 is 22.5 Å². The number of rotatable bonds is 4. The van der Waals surface area contributed by atoms with E-state index >= 15 is 0 Å². The van der Waals surface area contributed by atoms with Crippen molar-refractivity contribution < 1.29 is 9.53 Å². The normalized spacial score (nSPS) is 11.0. The van der Waals surface area contributed by atoms with Crippen LogP contribution in [0.5, 0.6) is 5.75 Å². The largest absolute Gasteiger partial charge is 0.497 e. The van der Waals surface area contributed by atoms with Crippen LogP contribution in [0, 0.1) is 6.92 Å². The summed E-state index contributed by atoms with van der Waals surface area (Å²) in [6.45, 7) is 2.23. The number of fused-ring (bicyclic) bond motifs is 3. The number of hydrogen-bond donors (Lipinski definition) is 2. The van der Waals surface area contributed by atoms with E-state index in [4.69, 9.17) is 4.74 Å². The summed E-state index contributed by atoms with van der Waals surface area (Å²) in [4.78, 5) is 27.8. The van der Waals surface area contributed by atoms with Crippen LogP contribution in [-0.2, 0) is 6.54 Å². The molecule has 0 aliphatic heterocycles. The molecule has 0 saturated heterocycles. The van der Waals surface area contributed by atoms with E-state index in [1.165, 1.54) is 4.52 Å². The molecule has 2 heterocycles. The third kappa shape index (κ3) is 3.01. The van der Waals surface area contributed by atoms with Gasteiger partial charge in [0, 0.05) is 6.54 Å². The molecule has 4 aromatic rings. The van der Waals surface area contributed by atoms with E-state index in [1.807, 2.05) is 49.4 Å². The lowest BCUT2D eigenvalue weighted by atomic mass is 10.2. The van der Waals surface area contributed by atoms with Crippen LogP contribution >= 0.6 is 0 Å². The second-order valence-corrected chi connectivity index (χ2v) is 6.20. The van der Waals surface area contributed by atoms with Gasteiger partial charge in [-0.1, -0.05) is 23.4 Å². The van der Waals surface area contributed by atoms with Crippen LogP contribution in [0.2, 0.25) is 0 Å². The highest BCUT2D eigenvalue weighted by Gasteiger charge is 2.19. The SMILES string of the molecule is COc1ccc(CNC(=O)c2nnn3c2c(=O)[nH]c2cc(C)ccc23)cc1. The minimum Gasteiger partial charge on any atom is -0.497 e. The number of aryl methyl sites for hydroxylation is 1. The Labute approximate surface area is 153 Å². The molecule has 4 rings (SSSR count). The summed E-state index contributed by atoms with van der Waals surface area (Å²) < 4.78 is 6.51. The van der Waals surface area contributed by atoms with Gasteiger partial charge in [0.2, 0.25) is 0 Å². The maximum Gasteiger partial charge on any atom is 0.277 e. The molecule has 0 aliphatic rings. The molecule has 27 heavy (non-hydrogen) atoms. The Morgan fingerprint density at radius 2 is 2.00 bits per heavy atom. The zero-order valence-corrected chi connectivity index (χ0v) is 14.8. The molecule has 0 saturated carbocycles. The molecule has 8 heteroatoms. The van der Waals surface area contributed by atoms with Crippen molar-refractivity contribution in [3.05, 3.63) is 69.6 Å². The zero-order valence-electron chi connectivity index (χ0n) is 14.8. The molecule has 0 bridgehead atoms. The van der Waals surface area contributed by atoms with E-state index in [9.17, 15) is 9.59 Å². The van der Waals surface area contributed by atoms with E-state index in [1.54, 1.807) is 7.11 Å². The summed E-state index contributed by atoms with van der Waals surface area (Å²) in [7, 11) is 1.59. The smallest absolute Gasteiger partial charge is 0.277 e. The van der Waals surface area contributed by atoms with Crippen LogP contribution in [0.25, 0.3) is 16.6 Å². The molecule has 2 aromatic carbocycles. The molecular weight excluding hydrogens is 346 g/mol. The number of ether oxygens (including phenoxy) is 1. The number of benzene rings is 2. The number of hydrogen-bond acceptors (Lipinski definition) is 5. The molecule has 0 unspecified atom stereocenters. The first-order valence-electron chi connectivity index (χ1n) is 8.36. The summed E-state index contributed by atoms with van der Waals surface area (Å²) in [6, 6.07) is 12.9. The maximum absolute atomic E-state index is 12.6. The van der Waals surface area contributed by atoms with Gasteiger partial charge in [0.25, 0.3) is 11.5 Å². The summed E-state index contributed by atoms with van der Waals surface area (Å²) in [5.74, 6) is 0.279. The van der Waals surface area contributed by atoms with Gasteiger partial charge in [-0.25, -0.2) is 4.52 Å². The Morgan fingerprint density at radius 1 is 1.22 bits per heavy atom. The first-order valence-corrected chi connectivity index (χ1v) is 8.36. The number of carbonyl (C=O) groups excluding carboxylic acids is 1. The number of aromatic amines is 1. The average Bonchev–Trinajstić information content (AvgIpc) is 3.12. The predicted molar refractivity (Wildman–Crippen MR) is 100 cm³/mol. The first-order chi connectivity index (χ1) is 13.1. The molecule has 0 radical (unpaired) electrons. The number of nitrogens with one attached hydrogen (secondary N) is 2. The highest BCUT2D eigenvalue weighted by molar-refractivity contribution is 5.99. The van der Waals surface area contributed by atoms with Gasteiger partial charge in [-0.05, 0) is 42.3 Å². The molecular formula is C19H17N5O3. The molecule has 2 aromatic heterocycles. The van der Waals surface area contributed by atoms with Crippen LogP contribution in [-0.4, -0.2) is 32.8 Å². The molecule has 1 amide bonds. The Bertz CT molecular complexity index is 1210. The third-order valence-corrected chi connectivity index (χ3v) is 4.34. The van der Waals surface area contributed by atoms with Crippen molar-refractivity contribution in [3.8, 4) is 5.75 Å². The monoisotopic (exact) mass is 363 g/mol. The van der Waals surface area contributed by atoms with E-state index in [0.717, 1.165) is 16.9 Å². The highest BCUT2D eigenvalue weighted by atomic mass is 16.5. The Balaban J connectivity index is 1.65. The van der Waals surface area contributed by atoms with Gasteiger partial charge < -0.3 is 15.0 Å². The van der Waals surface area contributed by atoms with Crippen LogP contribution < -0.4 is 15.6 Å². The maximum atomic E-state index is 12.6. The fourth-order valence-electron chi connectivity index (χ4n) is 2.93. The Hall–Kier alpha value is -3.68. The van der Waals surface area contributed by atoms with Crippen LogP contribution in [0.1, 0.15) is 21.6 Å². The van der Waals surface area contributed by atoms with E-state index in [0.29, 0.717) is 17.6 Å². The quantitative estimate of drug-likeness (QED) is 0.576. The molecule has 0 fully saturated rings. The highest BCUT2D eigenvalue weighted by Crippen LogP contribution is 2.15. The van der Waals surface area contributed by atoms with E-state index < -0.39 is 11.5 Å². The Morgan fingerprint density at radius 3 is 2.74 bits per heavy atom. The van der Waals surface area contributed by atoms with Gasteiger partial charge in [0.05, 0.1) is 18.1 Å². The summed E-state index contributed by atoms with van der Waals surface area (Å²) in [5.41, 5.74) is 2.93. The summed E-state index contributed by atoms with van der Waals surface area (Å²) in [6.07, 6.45) is 0. The lowest BCUT2D eigenvalue weighted by Crippen LogP contribution is -2.25. The van der Waals surface area contributed by atoms with Gasteiger partial charge in [0.15, 0.2) is 11.2 Å². The second-order valence-electron chi connectivity index (χ2n) is 6.20. The van der Waals surface area contributed by atoms with Crippen molar-refractivity contribution in [2.45, 2.75) is 13.5 Å². The van der Waals surface area contributed by atoms with Crippen molar-refractivity contribution in [2.75, 3.05) is 7.11 Å². The van der Waals surface area contributed by atoms with Crippen LogP contribution in [0.4, 0.5) is 0 Å². The van der Waals surface area contributed by atoms with Crippen molar-refractivity contribution in [2.24, 2.45) is 0 Å². The second kappa shape index (κ2) is 6.56. The van der Waals surface area contributed by atoms with Crippen molar-refractivity contribution in [1.82, 2.24) is 25.1 Å². The topological polar surface area (TPSA) is 101 Å². The zero-order chi connectivity index (χ0) is 19.0. The summed E-state index contributed by atoms with van der Waals surface area (Å²) in [5, 5.41) is 10.7. The molecule has 0 aliphatic carbocycles. The van der Waals surface area contributed by atoms with Gasteiger partial charge in [-0.3, -0.25) is 9.59 Å². The lowest BCUT2D eigenvalue weighted by Gasteiger charge is -2.05. The first kappa shape index (κ1) is 16.8. The fraction of sp³-hybridized carbons (Fsp3) is 0.158. The molecule has 0 spiro atoms. The predicted octanol–water partition coefficient (Wildman–Crippen LogP) is 1.82.